The summed E-state index contributed by atoms with van der Waals surface area (Å²) in [5.41, 5.74) is 0.712. The van der Waals surface area contributed by atoms with Gasteiger partial charge in [0.1, 0.15) is 11.8 Å². The zero-order chi connectivity index (χ0) is 24.2. The number of nitriles is 1. The zero-order valence-corrected chi connectivity index (χ0v) is 17.4. The van der Waals surface area contributed by atoms with Crippen LogP contribution in [0.5, 0.6) is 5.88 Å². The van der Waals surface area contributed by atoms with Crippen LogP contribution in [0.1, 0.15) is 16.1 Å². The van der Waals surface area contributed by atoms with Crippen molar-refractivity contribution in [2.24, 2.45) is 18.4 Å². The summed E-state index contributed by atoms with van der Waals surface area (Å²) in [5.74, 6) is -2.12. The van der Waals surface area contributed by atoms with Crippen LogP contribution in [0.3, 0.4) is 0 Å². The number of carbonyl (C=O) groups is 2. The van der Waals surface area contributed by atoms with Crippen LogP contribution >= 0.6 is 0 Å². The fourth-order valence-electron chi connectivity index (χ4n) is 3.63. The fraction of sp³-hybridized carbons (Fsp3) is 0.450. The molecule has 4 heterocycles. The van der Waals surface area contributed by atoms with Gasteiger partial charge in [0.05, 0.1) is 30.8 Å². The van der Waals surface area contributed by atoms with E-state index in [2.05, 4.69) is 10.1 Å². The lowest BCUT2D eigenvalue weighted by molar-refractivity contribution is -0.192. The molecule has 10 nitrogen and oxygen atoms in total. The van der Waals surface area contributed by atoms with Crippen molar-refractivity contribution in [1.82, 2.24) is 19.7 Å². The first-order valence-corrected chi connectivity index (χ1v) is 9.70. The van der Waals surface area contributed by atoms with Crippen LogP contribution in [0.25, 0.3) is 0 Å². The number of carbonyl (C=O) groups excluding carboxylic acids is 1. The summed E-state index contributed by atoms with van der Waals surface area (Å²) in [6, 6.07) is 7.13. The first-order chi connectivity index (χ1) is 15.5. The van der Waals surface area contributed by atoms with Gasteiger partial charge in [-0.2, -0.15) is 23.5 Å². The maximum absolute atomic E-state index is 12.7. The molecule has 2 atom stereocenters. The van der Waals surface area contributed by atoms with E-state index in [4.69, 9.17) is 24.6 Å². The molecule has 0 bridgehead atoms. The molecule has 176 valence electrons. The number of rotatable bonds is 4. The standard InChI is InChI=1S/C18H19N5O3.C2HF3O2/c1-22-5-4-15(21-22)17(24)23-8-14-9-25-11-18(14,10-23)12-26-16-3-2-13(6-19)7-20-16;3-2(4,5)1(6)7/h2-5,7,14H,8-12H2,1H3;(H,6,7)/t14-,18+;/m1./s1. The van der Waals surface area contributed by atoms with Gasteiger partial charge in [-0.25, -0.2) is 9.78 Å². The van der Waals surface area contributed by atoms with Crippen LogP contribution in [-0.4, -0.2) is 75.7 Å². The molecule has 2 saturated heterocycles. The van der Waals surface area contributed by atoms with Crippen molar-refractivity contribution in [1.29, 1.82) is 5.26 Å². The van der Waals surface area contributed by atoms with E-state index in [1.165, 1.54) is 6.20 Å². The van der Waals surface area contributed by atoms with Crippen molar-refractivity contribution in [2.45, 2.75) is 6.18 Å². The number of hydrogen-bond donors (Lipinski definition) is 1. The van der Waals surface area contributed by atoms with Gasteiger partial charge in [-0.15, -0.1) is 0 Å². The van der Waals surface area contributed by atoms with E-state index in [0.29, 0.717) is 50.0 Å². The topological polar surface area (TPSA) is 131 Å². The number of fused-ring (bicyclic) bond motifs is 1. The number of carboxylic acid groups (broad SMARTS) is 1. The molecule has 0 aliphatic carbocycles. The van der Waals surface area contributed by atoms with Gasteiger partial charge in [-0.1, -0.05) is 0 Å². The molecule has 0 spiro atoms. The Hall–Kier alpha value is -3.66. The number of likely N-dealkylation sites (tertiary alicyclic amines) is 1. The van der Waals surface area contributed by atoms with Crippen molar-refractivity contribution in [2.75, 3.05) is 32.9 Å². The van der Waals surface area contributed by atoms with E-state index in [0.717, 1.165) is 0 Å². The van der Waals surface area contributed by atoms with Gasteiger partial charge in [0.15, 0.2) is 0 Å². The molecule has 2 fully saturated rings. The number of amides is 1. The number of pyridine rings is 1. The second-order valence-electron chi connectivity index (χ2n) is 7.72. The van der Waals surface area contributed by atoms with Gasteiger partial charge < -0.3 is 19.5 Å². The lowest BCUT2D eigenvalue weighted by Crippen LogP contribution is -2.38. The second-order valence-corrected chi connectivity index (χ2v) is 7.72. The SMILES string of the molecule is Cn1ccc(C(=O)N2C[C@@H]3COC[C@]3(COc3ccc(C#N)cn3)C2)n1.O=C(O)C(F)(F)F. The van der Waals surface area contributed by atoms with E-state index in [1.54, 1.807) is 36.1 Å². The number of nitrogens with zero attached hydrogens (tertiary/aromatic N) is 5. The van der Waals surface area contributed by atoms with Crippen LogP contribution in [0.4, 0.5) is 13.2 Å². The summed E-state index contributed by atoms with van der Waals surface area (Å²) in [6.45, 7) is 2.81. The predicted molar refractivity (Wildman–Crippen MR) is 104 cm³/mol. The predicted octanol–water partition coefficient (Wildman–Crippen LogP) is 1.49. The second kappa shape index (κ2) is 9.45. The average Bonchev–Trinajstić information content (AvgIpc) is 3.46. The number of aromatic nitrogens is 3. The molecule has 0 unspecified atom stereocenters. The summed E-state index contributed by atoms with van der Waals surface area (Å²) < 4.78 is 44.9. The van der Waals surface area contributed by atoms with Gasteiger partial charge in [0.25, 0.3) is 5.91 Å². The molecule has 0 aromatic carbocycles. The normalized spacial score (nSPS) is 21.5. The Morgan fingerprint density at radius 1 is 1.39 bits per heavy atom. The van der Waals surface area contributed by atoms with Gasteiger partial charge in [-0.3, -0.25) is 9.48 Å². The molecule has 0 radical (unpaired) electrons. The number of aryl methyl sites for hydroxylation is 1. The summed E-state index contributed by atoms with van der Waals surface area (Å²) in [4.78, 5) is 27.6. The van der Waals surface area contributed by atoms with Crippen LogP contribution in [-0.2, 0) is 16.6 Å². The lowest BCUT2D eigenvalue weighted by atomic mass is 9.82. The molecule has 2 aliphatic heterocycles. The largest absolute Gasteiger partial charge is 0.490 e. The van der Waals surface area contributed by atoms with Crippen molar-refractivity contribution in [3.05, 3.63) is 41.9 Å². The Bertz CT molecular complexity index is 1050. The Balaban J connectivity index is 0.000000383. The third-order valence-corrected chi connectivity index (χ3v) is 5.36. The highest BCUT2D eigenvalue weighted by Gasteiger charge is 2.52. The highest BCUT2D eigenvalue weighted by atomic mass is 19.4. The molecule has 4 rings (SSSR count). The van der Waals surface area contributed by atoms with Crippen LogP contribution in [0.15, 0.2) is 30.6 Å². The fourth-order valence-corrected chi connectivity index (χ4v) is 3.63. The number of hydrogen-bond acceptors (Lipinski definition) is 7. The number of ether oxygens (including phenoxy) is 2. The van der Waals surface area contributed by atoms with Crippen LogP contribution in [0, 0.1) is 22.7 Å². The Morgan fingerprint density at radius 2 is 2.12 bits per heavy atom. The van der Waals surface area contributed by atoms with Gasteiger partial charge >= 0.3 is 12.1 Å². The minimum Gasteiger partial charge on any atom is -0.477 e. The Morgan fingerprint density at radius 3 is 2.67 bits per heavy atom. The highest BCUT2D eigenvalue weighted by Crippen LogP contribution is 2.42. The monoisotopic (exact) mass is 467 g/mol. The molecular weight excluding hydrogens is 447 g/mol. The first-order valence-electron chi connectivity index (χ1n) is 9.70. The molecular formula is C20H20F3N5O5. The van der Waals surface area contributed by atoms with Crippen molar-refractivity contribution in [3.8, 4) is 11.9 Å². The van der Waals surface area contributed by atoms with E-state index >= 15 is 0 Å². The molecule has 0 saturated carbocycles. The third kappa shape index (κ3) is 5.58. The van der Waals surface area contributed by atoms with E-state index < -0.39 is 12.1 Å². The molecule has 13 heteroatoms. The molecule has 1 N–H and O–H groups in total. The van der Waals surface area contributed by atoms with Gasteiger partial charge in [0.2, 0.25) is 5.88 Å². The summed E-state index contributed by atoms with van der Waals surface area (Å²) in [5, 5.41) is 20.2. The summed E-state index contributed by atoms with van der Waals surface area (Å²) in [6.07, 6.45) is -1.83. The smallest absolute Gasteiger partial charge is 0.477 e. The molecule has 2 aromatic heterocycles. The van der Waals surface area contributed by atoms with Crippen LogP contribution < -0.4 is 4.74 Å². The van der Waals surface area contributed by atoms with Crippen molar-refractivity contribution < 1.29 is 37.3 Å². The molecule has 2 aromatic rings. The Labute approximate surface area is 186 Å². The molecule has 1 amide bonds. The number of alkyl halides is 3. The number of carboxylic acids is 1. The van der Waals surface area contributed by atoms with Crippen molar-refractivity contribution >= 4 is 11.9 Å². The maximum Gasteiger partial charge on any atom is 0.490 e. The van der Waals surface area contributed by atoms with Gasteiger partial charge in [0, 0.05) is 44.5 Å². The third-order valence-electron chi connectivity index (χ3n) is 5.36. The van der Waals surface area contributed by atoms with E-state index in [-0.39, 0.29) is 17.2 Å². The maximum atomic E-state index is 12.7. The average molecular weight is 467 g/mol. The van der Waals surface area contributed by atoms with Crippen LogP contribution in [0.2, 0.25) is 0 Å². The molecule has 2 aliphatic rings. The summed E-state index contributed by atoms with van der Waals surface area (Å²) >= 11 is 0. The number of halogens is 3. The first kappa shape index (κ1) is 24.0. The zero-order valence-electron chi connectivity index (χ0n) is 17.4. The van der Waals surface area contributed by atoms with Crippen molar-refractivity contribution in [3.63, 3.8) is 0 Å². The van der Waals surface area contributed by atoms with E-state index in [9.17, 15) is 18.0 Å². The number of aliphatic carboxylic acids is 1. The molecule has 33 heavy (non-hydrogen) atoms. The summed E-state index contributed by atoms with van der Waals surface area (Å²) in [7, 11) is 1.79. The quantitative estimate of drug-likeness (QED) is 0.716. The Kier molecular flexibility index (Phi) is 6.87. The lowest BCUT2D eigenvalue weighted by Gasteiger charge is -2.26. The highest BCUT2D eigenvalue weighted by molar-refractivity contribution is 5.92. The minimum absolute atomic E-state index is 0.0594. The minimum atomic E-state index is -5.08. The van der Waals surface area contributed by atoms with Gasteiger partial charge in [-0.05, 0) is 12.1 Å². The van der Waals surface area contributed by atoms with E-state index in [1.807, 2.05) is 11.0 Å².